The second-order valence-electron chi connectivity index (χ2n) is 4.70. The van der Waals surface area contributed by atoms with Crippen molar-refractivity contribution in [1.29, 1.82) is 0 Å². The first-order valence-corrected chi connectivity index (χ1v) is 7.76. The lowest BCUT2D eigenvalue weighted by atomic mass is 10.2. The fourth-order valence-corrected chi connectivity index (χ4v) is 2.47. The van der Waals surface area contributed by atoms with Crippen LogP contribution in [0.2, 0.25) is 0 Å². The van der Waals surface area contributed by atoms with Gasteiger partial charge in [0.2, 0.25) is 0 Å². The molecule has 0 saturated carbocycles. The number of nitrogens with two attached hydrogens (primary N) is 1. The van der Waals surface area contributed by atoms with Crippen molar-refractivity contribution in [3.63, 3.8) is 0 Å². The average Bonchev–Trinajstić information content (AvgIpc) is 2.47. The van der Waals surface area contributed by atoms with E-state index in [0.717, 1.165) is 50.5 Å². The van der Waals surface area contributed by atoms with Crippen molar-refractivity contribution in [3.05, 3.63) is 24.0 Å². The molecule has 0 amide bonds. The van der Waals surface area contributed by atoms with Crippen LogP contribution in [0.5, 0.6) is 0 Å². The molecule has 0 radical (unpaired) electrons. The van der Waals surface area contributed by atoms with Gasteiger partial charge >= 0.3 is 0 Å². The summed E-state index contributed by atoms with van der Waals surface area (Å²) in [6.45, 7) is 11.8. The zero-order chi connectivity index (χ0) is 15.0. The Morgan fingerprint density at radius 2 is 1.90 bits per heavy atom. The number of hydrogen-bond donors (Lipinski definition) is 1. The number of aromatic nitrogens is 1. The summed E-state index contributed by atoms with van der Waals surface area (Å²) in [6.07, 6.45) is 2.86. The molecular formula is C15H26N4S. The van der Waals surface area contributed by atoms with E-state index in [1.807, 2.05) is 12.1 Å². The van der Waals surface area contributed by atoms with E-state index in [1.54, 1.807) is 6.20 Å². The number of thiocarbonyl (C=S) groups is 1. The molecule has 0 aliphatic rings. The third-order valence-electron chi connectivity index (χ3n) is 3.54. The van der Waals surface area contributed by atoms with Gasteiger partial charge in [0.05, 0.1) is 5.69 Å². The van der Waals surface area contributed by atoms with E-state index in [0.29, 0.717) is 4.99 Å². The van der Waals surface area contributed by atoms with E-state index < -0.39 is 0 Å². The lowest BCUT2D eigenvalue weighted by molar-refractivity contribution is 0.301. The van der Waals surface area contributed by atoms with Gasteiger partial charge in [-0.25, -0.2) is 0 Å². The molecule has 2 N–H and O–H groups in total. The number of hydrogen-bond acceptors (Lipinski definition) is 4. The van der Waals surface area contributed by atoms with Crippen LogP contribution in [0.1, 0.15) is 32.9 Å². The first kappa shape index (κ1) is 16.9. The van der Waals surface area contributed by atoms with Gasteiger partial charge in [-0.2, -0.15) is 0 Å². The average molecular weight is 294 g/mol. The van der Waals surface area contributed by atoms with Crippen LogP contribution < -0.4 is 10.6 Å². The van der Waals surface area contributed by atoms with Gasteiger partial charge in [0.1, 0.15) is 10.7 Å². The smallest absolute Gasteiger partial charge is 0.124 e. The van der Waals surface area contributed by atoms with Gasteiger partial charge in [-0.05, 0) is 45.1 Å². The van der Waals surface area contributed by atoms with Crippen molar-refractivity contribution in [2.24, 2.45) is 5.73 Å². The molecule has 112 valence electrons. The van der Waals surface area contributed by atoms with Gasteiger partial charge in [0.15, 0.2) is 0 Å². The van der Waals surface area contributed by atoms with Crippen molar-refractivity contribution in [2.75, 3.05) is 37.6 Å². The molecule has 0 aliphatic heterocycles. The van der Waals surface area contributed by atoms with Crippen molar-refractivity contribution < 1.29 is 0 Å². The molecular weight excluding hydrogens is 268 g/mol. The fourth-order valence-electron chi connectivity index (χ4n) is 2.32. The summed E-state index contributed by atoms with van der Waals surface area (Å²) in [5.41, 5.74) is 7.53. The van der Waals surface area contributed by atoms with Crippen molar-refractivity contribution >= 4 is 22.9 Å². The molecule has 0 aromatic carbocycles. The second kappa shape index (κ2) is 8.87. The first-order chi connectivity index (χ1) is 9.63. The molecule has 0 atom stereocenters. The molecule has 0 fully saturated rings. The van der Waals surface area contributed by atoms with Crippen LogP contribution in [0.25, 0.3) is 0 Å². The van der Waals surface area contributed by atoms with Gasteiger partial charge in [0.25, 0.3) is 0 Å². The molecule has 1 rings (SSSR count). The summed E-state index contributed by atoms with van der Waals surface area (Å²) in [5.74, 6) is 0. The molecule has 0 saturated heterocycles. The van der Waals surface area contributed by atoms with E-state index in [-0.39, 0.29) is 0 Å². The standard InChI is InChI=1S/C15H26N4S/c1-4-18(5-2)11-8-12-19(6-3)13-9-7-10-17-14(13)15(16)20/h7,9-10H,4-6,8,11-12H2,1-3H3,(H2,16,20). The summed E-state index contributed by atoms with van der Waals surface area (Å²) < 4.78 is 0. The monoisotopic (exact) mass is 294 g/mol. The SMILES string of the molecule is CCN(CC)CCCN(CC)c1cccnc1C(N)=S. The van der Waals surface area contributed by atoms with Crippen molar-refractivity contribution in [1.82, 2.24) is 9.88 Å². The molecule has 0 spiro atoms. The second-order valence-corrected chi connectivity index (χ2v) is 5.14. The Labute approximate surface area is 128 Å². The van der Waals surface area contributed by atoms with Crippen LogP contribution in [-0.2, 0) is 0 Å². The summed E-state index contributed by atoms with van der Waals surface area (Å²) in [5, 5.41) is 0. The highest BCUT2D eigenvalue weighted by Gasteiger charge is 2.12. The largest absolute Gasteiger partial charge is 0.388 e. The Balaban J connectivity index is 2.69. The Hall–Kier alpha value is -1.20. The Kier molecular flexibility index (Phi) is 7.47. The topological polar surface area (TPSA) is 45.4 Å². The number of rotatable bonds is 9. The van der Waals surface area contributed by atoms with E-state index >= 15 is 0 Å². The van der Waals surface area contributed by atoms with Crippen LogP contribution in [0.4, 0.5) is 5.69 Å². The van der Waals surface area contributed by atoms with Crippen molar-refractivity contribution in [3.8, 4) is 0 Å². The highest BCUT2D eigenvalue weighted by Crippen LogP contribution is 2.18. The molecule has 0 bridgehead atoms. The minimum absolute atomic E-state index is 0.364. The molecule has 0 unspecified atom stereocenters. The zero-order valence-electron chi connectivity index (χ0n) is 12.8. The van der Waals surface area contributed by atoms with Gasteiger partial charge in [-0.3, -0.25) is 4.98 Å². The maximum absolute atomic E-state index is 5.76. The van der Waals surface area contributed by atoms with Crippen molar-refractivity contribution in [2.45, 2.75) is 27.2 Å². The first-order valence-electron chi connectivity index (χ1n) is 7.36. The third kappa shape index (κ3) is 4.72. The minimum atomic E-state index is 0.364. The maximum atomic E-state index is 5.76. The fraction of sp³-hybridized carbons (Fsp3) is 0.600. The van der Waals surface area contributed by atoms with Gasteiger partial charge in [-0.1, -0.05) is 26.1 Å². The van der Waals surface area contributed by atoms with E-state index in [4.69, 9.17) is 18.0 Å². The number of anilines is 1. The highest BCUT2D eigenvalue weighted by atomic mass is 32.1. The van der Waals surface area contributed by atoms with Crippen LogP contribution >= 0.6 is 12.2 Å². The molecule has 1 aromatic rings. The summed E-state index contributed by atoms with van der Waals surface area (Å²) >= 11 is 5.09. The number of pyridine rings is 1. The summed E-state index contributed by atoms with van der Waals surface area (Å²) in [4.78, 5) is 9.40. The number of nitrogens with zero attached hydrogens (tertiary/aromatic N) is 3. The molecule has 4 nitrogen and oxygen atoms in total. The Bertz CT molecular complexity index is 418. The van der Waals surface area contributed by atoms with Gasteiger partial charge in [0, 0.05) is 19.3 Å². The quantitative estimate of drug-likeness (QED) is 0.708. The normalized spacial score (nSPS) is 10.8. The lowest BCUT2D eigenvalue weighted by Gasteiger charge is -2.26. The van der Waals surface area contributed by atoms with Gasteiger partial charge < -0.3 is 15.5 Å². The predicted molar refractivity (Wildman–Crippen MR) is 90.4 cm³/mol. The molecule has 0 aliphatic carbocycles. The summed E-state index contributed by atoms with van der Waals surface area (Å²) in [7, 11) is 0. The lowest BCUT2D eigenvalue weighted by Crippen LogP contribution is -2.31. The van der Waals surface area contributed by atoms with Crippen LogP contribution in [0.3, 0.4) is 0 Å². The summed E-state index contributed by atoms with van der Waals surface area (Å²) in [6, 6.07) is 3.98. The van der Waals surface area contributed by atoms with E-state index in [9.17, 15) is 0 Å². The molecule has 1 aromatic heterocycles. The highest BCUT2D eigenvalue weighted by molar-refractivity contribution is 7.80. The van der Waals surface area contributed by atoms with Gasteiger partial charge in [-0.15, -0.1) is 0 Å². The van der Waals surface area contributed by atoms with Crippen LogP contribution in [0, 0.1) is 0 Å². The molecule has 5 heteroatoms. The van der Waals surface area contributed by atoms with E-state index in [1.165, 1.54) is 0 Å². The van der Waals surface area contributed by atoms with E-state index in [2.05, 4.69) is 35.6 Å². The third-order valence-corrected chi connectivity index (χ3v) is 3.73. The zero-order valence-corrected chi connectivity index (χ0v) is 13.6. The van der Waals surface area contributed by atoms with Crippen LogP contribution in [0.15, 0.2) is 18.3 Å². The van der Waals surface area contributed by atoms with Crippen LogP contribution in [-0.4, -0.2) is 47.6 Å². The molecule has 20 heavy (non-hydrogen) atoms. The predicted octanol–water partition coefficient (Wildman–Crippen LogP) is 2.27. The Morgan fingerprint density at radius 3 is 2.45 bits per heavy atom. The minimum Gasteiger partial charge on any atom is -0.388 e. The maximum Gasteiger partial charge on any atom is 0.124 e. The Morgan fingerprint density at radius 1 is 1.20 bits per heavy atom. The molecule has 1 heterocycles.